The van der Waals surface area contributed by atoms with Crippen LogP contribution in [0.3, 0.4) is 0 Å². The van der Waals surface area contributed by atoms with Crippen molar-refractivity contribution in [3.05, 3.63) is 241 Å². The molecular weight excluding hydrogens is 1000 g/mol. The van der Waals surface area contributed by atoms with Crippen LogP contribution in [-0.2, 0) is 16.2 Å². The molecule has 0 N–H and O–H groups in total. The maximum atomic E-state index is 2.67. The van der Waals surface area contributed by atoms with Gasteiger partial charge in [-0.3, -0.25) is 0 Å². The first-order chi connectivity index (χ1) is 40.4. The summed E-state index contributed by atoms with van der Waals surface area (Å²) >= 11 is 0. The minimum absolute atomic E-state index is 0.00295. The number of nitrogens with zero attached hydrogens (tertiary/aromatic N) is 3. The Hall–Kier alpha value is -8.66. The van der Waals surface area contributed by atoms with E-state index in [4.69, 9.17) is 0 Å². The van der Waals surface area contributed by atoms with Crippen LogP contribution in [-0.4, -0.2) is 16.6 Å². The van der Waals surface area contributed by atoms with E-state index in [1.54, 1.807) is 0 Å². The summed E-state index contributed by atoms with van der Waals surface area (Å²) in [5, 5.41) is 10.5. The van der Waals surface area contributed by atoms with E-state index in [2.05, 4.69) is 281 Å². The van der Waals surface area contributed by atoms with Crippen LogP contribution >= 0.6 is 0 Å². The summed E-state index contributed by atoms with van der Waals surface area (Å²) in [6, 6.07) is 87.0. The fourth-order valence-electron chi connectivity index (χ4n) is 18.2. The van der Waals surface area contributed by atoms with Gasteiger partial charge in [0.25, 0.3) is 0 Å². The van der Waals surface area contributed by atoms with Gasteiger partial charge in [0.1, 0.15) is 0 Å². The van der Waals surface area contributed by atoms with Crippen LogP contribution in [0.15, 0.2) is 224 Å². The van der Waals surface area contributed by atoms with Crippen LogP contribution < -0.4 is 14.7 Å². The van der Waals surface area contributed by atoms with Gasteiger partial charge in [0.2, 0.25) is 0 Å². The lowest BCUT2D eigenvalue weighted by Crippen LogP contribution is -2.60. The Morgan fingerprint density at radius 3 is 0.976 bits per heavy atom. The molecule has 402 valence electrons. The molecule has 0 aromatic heterocycles. The van der Waals surface area contributed by atoms with Crippen LogP contribution in [0.5, 0.6) is 0 Å². The minimum atomic E-state index is -0.00616. The van der Waals surface area contributed by atoms with Crippen molar-refractivity contribution >= 4 is 77.2 Å². The van der Waals surface area contributed by atoms with E-state index in [9.17, 15) is 0 Å². The Morgan fingerprint density at radius 2 is 0.602 bits per heavy atom. The van der Waals surface area contributed by atoms with Crippen LogP contribution in [0.2, 0.25) is 0 Å². The molecule has 0 saturated heterocycles. The molecule has 6 unspecified atom stereocenters. The Morgan fingerprint density at radius 1 is 0.265 bits per heavy atom. The Labute approximate surface area is 487 Å². The van der Waals surface area contributed by atoms with Crippen LogP contribution in [0.25, 0.3) is 87.6 Å². The highest BCUT2D eigenvalue weighted by Crippen LogP contribution is 2.69. The van der Waals surface area contributed by atoms with Crippen LogP contribution in [0, 0.1) is 0 Å². The molecule has 3 heteroatoms. The van der Waals surface area contributed by atoms with Crippen molar-refractivity contribution in [1.82, 2.24) is 0 Å². The monoisotopic (exact) mass is 1070 g/mol. The predicted molar refractivity (Wildman–Crippen MR) is 350 cm³/mol. The maximum absolute atomic E-state index is 2.67. The zero-order valence-corrected chi connectivity index (χ0v) is 48.4. The summed E-state index contributed by atoms with van der Waals surface area (Å²) in [6.07, 6.45) is 7.01. The van der Waals surface area contributed by atoms with Gasteiger partial charge in [0.15, 0.2) is 0 Å². The van der Waals surface area contributed by atoms with Gasteiger partial charge in [-0.15, -0.1) is 0 Å². The SMILES string of the molecule is CC12CCC1(C)N(c1ccccc1)c1ccc(-c3cc(-c4ccc5c(c4)C4(C)CCC4(C)N5c4ccccc4)c4ccc5c(-c6cccc7ccccc67)cc(-c6ccc7c(c6)C6(C)CCC6(C)N7c6ccccc6)c6ccc3c4c65)cc12. The van der Waals surface area contributed by atoms with Gasteiger partial charge in [0.05, 0.1) is 16.6 Å². The highest BCUT2D eigenvalue weighted by molar-refractivity contribution is 6.32. The first kappa shape index (κ1) is 47.9. The second-order valence-corrected chi connectivity index (χ2v) is 27.1. The molecule has 3 aliphatic heterocycles. The summed E-state index contributed by atoms with van der Waals surface area (Å²) in [6.45, 7) is 15.1. The van der Waals surface area contributed by atoms with Gasteiger partial charge in [-0.05, 0) is 249 Å². The molecule has 0 radical (unpaired) electrons. The number of hydrogen-bond acceptors (Lipinski definition) is 3. The quantitative estimate of drug-likeness (QED) is 0.147. The standard InChI is InChI=1S/C80H67N3/c1-75-39-42-78(75,4)81(54-21-10-7-11-22-54)70-36-29-51(45-67(70)75)63-48-64(52-30-37-71-68(46-52)76(2)40-43-79(76,5)82(71)55-23-12-8-13-24-55)60-34-35-62-66(58-28-18-20-50-19-16-17-27-57(50)58)49-65(61-33-32-59(63)73(60)74(61)62)53-31-38-72-69(47-53)77(3)41-44-80(77,6)83(72)56-25-14-9-15-26-56/h7-38,45-49H,39-44H2,1-6H3. The van der Waals surface area contributed by atoms with Crippen molar-refractivity contribution < 1.29 is 0 Å². The number of anilines is 6. The molecule has 3 saturated carbocycles. The van der Waals surface area contributed by atoms with Gasteiger partial charge in [-0.2, -0.15) is 0 Å². The summed E-state index contributed by atoms with van der Waals surface area (Å²) in [7, 11) is 0. The fourth-order valence-corrected chi connectivity index (χ4v) is 18.2. The summed E-state index contributed by atoms with van der Waals surface area (Å²) in [4.78, 5) is 8.01. The maximum Gasteiger partial charge on any atom is 0.0518 e. The second-order valence-electron chi connectivity index (χ2n) is 27.1. The third-order valence-electron chi connectivity index (χ3n) is 23.8. The lowest BCUT2D eigenvalue weighted by Gasteiger charge is -2.56. The van der Waals surface area contributed by atoms with Crippen molar-refractivity contribution in [2.24, 2.45) is 0 Å². The molecule has 6 atom stereocenters. The molecule has 12 aromatic rings. The summed E-state index contributed by atoms with van der Waals surface area (Å²) < 4.78 is 0. The third kappa shape index (κ3) is 5.82. The van der Waals surface area contributed by atoms with E-state index in [0.29, 0.717) is 0 Å². The largest absolute Gasteiger partial charge is 0.334 e. The molecule has 0 amide bonds. The number of para-hydroxylation sites is 3. The molecule has 6 aliphatic rings. The second kappa shape index (κ2) is 16.1. The fraction of sp³-hybridized carbons (Fsp3) is 0.225. The Bertz CT molecular complexity index is 4610. The van der Waals surface area contributed by atoms with E-state index in [-0.39, 0.29) is 32.9 Å². The molecule has 0 bridgehead atoms. The van der Waals surface area contributed by atoms with Gasteiger partial charge in [0, 0.05) is 50.4 Å². The van der Waals surface area contributed by atoms with E-state index >= 15 is 0 Å². The zero-order chi connectivity index (χ0) is 55.6. The summed E-state index contributed by atoms with van der Waals surface area (Å²) in [5.41, 5.74) is 22.6. The average molecular weight is 1070 g/mol. The van der Waals surface area contributed by atoms with E-state index in [1.165, 1.54) is 177 Å². The number of hydrogen-bond donors (Lipinski definition) is 0. The summed E-state index contributed by atoms with van der Waals surface area (Å²) in [5.74, 6) is 0. The van der Waals surface area contributed by atoms with Crippen molar-refractivity contribution in [2.75, 3.05) is 14.7 Å². The topological polar surface area (TPSA) is 9.72 Å². The lowest BCUT2D eigenvalue weighted by atomic mass is 9.55. The normalized spacial score (nSPS) is 26.1. The Balaban J connectivity index is 0.924. The smallest absolute Gasteiger partial charge is 0.0518 e. The van der Waals surface area contributed by atoms with Crippen molar-refractivity contribution in [3.63, 3.8) is 0 Å². The molecule has 0 spiro atoms. The average Bonchev–Trinajstić information content (AvgIpc) is 1.67. The highest BCUT2D eigenvalue weighted by atomic mass is 15.3. The first-order valence-electron chi connectivity index (χ1n) is 30.6. The molecule has 3 fully saturated rings. The van der Waals surface area contributed by atoms with E-state index < -0.39 is 0 Å². The molecule has 3 aliphatic carbocycles. The number of benzene rings is 12. The lowest BCUT2D eigenvalue weighted by molar-refractivity contribution is 0.133. The molecule has 83 heavy (non-hydrogen) atoms. The van der Waals surface area contributed by atoms with Crippen LogP contribution in [0.1, 0.15) is 96.8 Å². The molecule has 18 rings (SSSR count). The van der Waals surface area contributed by atoms with Gasteiger partial charge < -0.3 is 14.7 Å². The van der Waals surface area contributed by atoms with Crippen LogP contribution in [0.4, 0.5) is 34.1 Å². The Kier molecular flexibility index (Phi) is 9.30. The molecule has 3 nitrogen and oxygen atoms in total. The van der Waals surface area contributed by atoms with Crippen molar-refractivity contribution in [3.8, 4) is 44.5 Å². The molecule has 12 aromatic carbocycles. The zero-order valence-electron chi connectivity index (χ0n) is 48.4. The minimum Gasteiger partial charge on any atom is -0.334 e. The number of rotatable bonds is 7. The highest BCUT2D eigenvalue weighted by Gasteiger charge is 2.65. The van der Waals surface area contributed by atoms with E-state index in [1.807, 2.05) is 0 Å². The first-order valence-corrected chi connectivity index (χ1v) is 30.6. The van der Waals surface area contributed by atoms with E-state index in [0.717, 1.165) is 0 Å². The molecular formula is C80H67N3. The third-order valence-corrected chi connectivity index (χ3v) is 23.8. The van der Waals surface area contributed by atoms with Gasteiger partial charge in [-0.1, -0.05) is 160 Å². The van der Waals surface area contributed by atoms with Gasteiger partial charge >= 0.3 is 0 Å². The van der Waals surface area contributed by atoms with Crippen molar-refractivity contribution in [1.29, 1.82) is 0 Å². The number of fused-ring (bicyclic) bond motifs is 10. The predicted octanol–water partition coefficient (Wildman–Crippen LogP) is 21.3. The molecule has 3 heterocycles. The van der Waals surface area contributed by atoms with Gasteiger partial charge in [-0.25, -0.2) is 0 Å². The van der Waals surface area contributed by atoms with Crippen molar-refractivity contribution in [2.45, 2.75) is 113 Å².